The lowest BCUT2D eigenvalue weighted by Crippen LogP contribution is -2.45. The minimum absolute atomic E-state index is 0.200. The molecule has 35 heavy (non-hydrogen) atoms. The van der Waals surface area contributed by atoms with E-state index in [0.29, 0.717) is 40.3 Å². The number of nitrogens with two attached hydrogens (primary N) is 1. The van der Waals surface area contributed by atoms with Gasteiger partial charge in [0, 0.05) is 17.5 Å². The Kier molecular flexibility index (Phi) is 6.18. The number of carbonyl (C=O) groups is 1. The normalized spacial score (nSPS) is 16.9. The SMILES string of the molecule is COc1ccccc1C(=O)NCc1ccc(-c2nn(C3CCC4(CC3)COC4)c(N)c2C#N)cc1. The van der Waals surface area contributed by atoms with E-state index in [1.807, 2.05) is 35.0 Å². The number of hydrogen-bond acceptors (Lipinski definition) is 6. The van der Waals surface area contributed by atoms with Gasteiger partial charge in [0.25, 0.3) is 5.91 Å². The molecule has 1 spiro atoms. The molecule has 1 aromatic heterocycles. The maximum absolute atomic E-state index is 12.6. The second kappa shape index (κ2) is 9.43. The molecule has 1 saturated heterocycles. The number of aromatic nitrogens is 2. The molecule has 3 N–H and O–H groups in total. The molecule has 2 aromatic carbocycles. The zero-order valence-electron chi connectivity index (χ0n) is 19.8. The van der Waals surface area contributed by atoms with E-state index in [1.54, 1.807) is 25.3 Å². The van der Waals surface area contributed by atoms with Crippen molar-refractivity contribution in [3.63, 3.8) is 0 Å². The molecule has 5 rings (SSSR count). The van der Waals surface area contributed by atoms with E-state index in [4.69, 9.17) is 20.3 Å². The summed E-state index contributed by atoms with van der Waals surface area (Å²) < 4.78 is 12.5. The monoisotopic (exact) mass is 471 g/mol. The molecule has 0 bridgehead atoms. The number of hydrogen-bond donors (Lipinski definition) is 2. The fraction of sp³-hybridized carbons (Fsp3) is 0.370. The fourth-order valence-corrected chi connectivity index (χ4v) is 5.07. The van der Waals surface area contributed by atoms with Crippen LogP contribution in [0.25, 0.3) is 11.3 Å². The van der Waals surface area contributed by atoms with E-state index < -0.39 is 0 Å². The first-order chi connectivity index (χ1) is 17.0. The Bertz CT molecular complexity index is 1260. The molecule has 8 nitrogen and oxygen atoms in total. The number of para-hydroxylation sites is 1. The van der Waals surface area contributed by atoms with E-state index in [1.165, 1.54) is 0 Å². The summed E-state index contributed by atoms with van der Waals surface area (Å²) in [4.78, 5) is 12.6. The average molecular weight is 472 g/mol. The number of amides is 1. The van der Waals surface area contributed by atoms with Gasteiger partial charge < -0.3 is 20.5 Å². The van der Waals surface area contributed by atoms with Crippen LogP contribution in [-0.2, 0) is 11.3 Å². The number of rotatable bonds is 6. The van der Waals surface area contributed by atoms with Crippen LogP contribution in [-0.4, -0.2) is 36.0 Å². The van der Waals surface area contributed by atoms with E-state index in [-0.39, 0.29) is 11.9 Å². The fourth-order valence-electron chi connectivity index (χ4n) is 5.07. The van der Waals surface area contributed by atoms with Crippen LogP contribution >= 0.6 is 0 Å². The van der Waals surface area contributed by atoms with Gasteiger partial charge in [-0.2, -0.15) is 10.4 Å². The Morgan fingerprint density at radius 3 is 2.57 bits per heavy atom. The Balaban J connectivity index is 1.29. The number of nitriles is 1. The zero-order valence-corrected chi connectivity index (χ0v) is 19.8. The van der Waals surface area contributed by atoms with Crippen LogP contribution in [0.3, 0.4) is 0 Å². The largest absolute Gasteiger partial charge is 0.496 e. The molecule has 1 saturated carbocycles. The number of nitrogens with one attached hydrogen (secondary N) is 1. The molecule has 2 aliphatic rings. The molecule has 0 radical (unpaired) electrons. The summed E-state index contributed by atoms with van der Waals surface area (Å²) in [6.07, 6.45) is 4.18. The highest BCUT2D eigenvalue weighted by Crippen LogP contribution is 2.46. The predicted octanol–water partition coefficient (Wildman–Crippen LogP) is 4.07. The number of benzene rings is 2. The van der Waals surface area contributed by atoms with Crippen molar-refractivity contribution in [2.75, 3.05) is 26.1 Å². The van der Waals surface area contributed by atoms with Gasteiger partial charge in [-0.25, -0.2) is 4.68 Å². The summed E-state index contributed by atoms with van der Waals surface area (Å²) in [5.74, 6) is 0.765. The zero-order chi connectivity index (χ0) is 24.4. The lowest BCUT2D eigenvalue weighted by atomic mass is 9.71. The summed E-state index contributed by atoms with van der Waals surface area (Å²) in [5.41, 5.74) is 9.99. The van der Waals surface area contributed by atoms with Crippen LogP contribution < -0.4 is 15.8 Å². The van der Waals surface area contributed by atoms with Crippen molar-refractivity contribution in [3.8, 4) is 23.1 Å². The molecular formula is C27H29N5O3. The third-order valence-corrected chi connectivity index (χ3v) is 7.27. The highest BCUT2D eigenvalue weighted by atomic mass is 16.5. The molecule has 2 heterocycles. The molecule has 2 fully saturated rings. The van der Waals surface area contributed by atoms with Crippen molar-refractivity contribution in [1.29, 1.82) is 5.26 Å². The van der Waals surface area contributed by atoms with Crippen molar-refractivity contribution in [3.05, 3.63) is 65.2 Å². The molecule has 8 heteroatoms. The van der Waals surface area contributed by atoms with Crippen molar-refractivity contribution in [2.45, 2.75) is 38.3 Å². The van der Waals surface area contributed by atoms with Crippen LogP contribution in [0.15, 0.2) is 48.5 Å². The van der Waals surface area contributed by atoms with Crippen LogP contribution in [0.4, 0.5) is 5.82 Å². The minimum atomic E-state index is -0.201. The third-order valence-electron chi connectivity index (χ3n) is 7.27. The molecule has 1 aliphatic carbocycles. The highest BCUT2D eigenvalue weighted by molar-refractivity contribution is 5.96. The summed E-state index contributed by atoms with van der Waals surface area (Å²) in [6, 6.07) is 17.2. The molecule has 1 aliphatic heterocycles. The van der Waals surface area contributed by atoms with E-state index in [9.17, 15) is 10.1 Å². The number of carbonyl (C=O) groups excluding carboxylic acids is 1. The van der Waals surface area contributed by atoms with Gasteiger partial charge in [0.1, 0.15) is 28.9 Å². The third kappa shape index (κ3) is 4.35. The standard InChI is InChI=1S/C27H29N5O3/c1-34-23-5-3-2-4-21(23)26(33)30-15-18-6-8-19(9-7-18)24-22(14-28)25(29)32(31-24)20-10-12-27(13-11-20)16-35-17-27/h2-9,20H,10-13,15-17,29H2,1H3,(H,30,33). The number of ether oxygens (including phenoxy) is 2. The van der Waals surface area contributed by atoms with Gasteiger partial charge in [0.05, 0.1) is 31.9 Å². The topological polar surface area (TPSA) is 115 Å². The van der Waals surface area contributed by atoms with Crippen LogP contribution in [0.2, 0.25) is 0 Å². The molecule has 0 unspecified atom stereocenters. The van der Waals surface area contributed by atoms with Crippen molar-refractivity contribution in [2.24, 2.45) is 5.41 Å². The first-order valence-electron chi connectivity index (χ1n) is 11.9. The quantitative estimate of drug-likeness (QED) is 0.560. The lowest BCUT2D eigenvalue weighted by Gasteiger charge is -2.46. The van der Waals surface area contributed by atoms with Crippen LogP contribution in [0.1, 0.15) is 53.2 Å². The van der Waals surface area contributed by atoms with Gasteiger partial charge in [0.15, 0.2) is 0 Å². The number of methoxy groups -OCH3 is 1. The van der Waals surface area contributed by atoms with Crippen LogP contribution in [0.5, 0.6) is 5.75 Å². The van der Waals surface area contributed by atoms with E-state index >= 15 is 0 Å². The van der Waals surface area contributed by atoms with Crippen molar-refractivity contribution < 1.29 is 14.3 Å². The van der Waals surface area contributed by atoms with E-state index in [2.05, 4.69) is 11.4 Å². The highest BCUT2D eigenvalue weighted by Gasteiger charge is 2.42. The second-order valence-electron chi connectivity index (χ2n) is 9.47. The summed E-state index contributed by atoms with van der Waals surface area (Å²) in [6.45, 7) is 2.08. The molecule has 180 valence electrons. The molecular weight excluding hydrogens is 442 g/mol. The van der Waals surface area contributed by atoms with Gasteiger partial charge in [-0.15, -0.1) is 0 Å². The predicted molar refractivity (Wildman–Crippen MR) is 132 cm³/mol. The maximum atomic E-state index is 12.6. The Morgan fingerprint density at radius 1 is 1.23 bits per heavy atom. The van der Waals surface area contributed by atoms with E-state index in [0.717, 1.165) is 50.0 Å². The average Bonchev–Trinajstić information content (AvgIpc) is 3.22. The van der Waals surface area contributed by atoms with Gasteiger partial charge >= 0.3 is 0 Å². The number of anilines is 1. The van der Waals surface area contributed by atoms with Gasteiger partial charge in [-0.1, -0.05) is 36.4 Å². The van der Waals surface area contributed by atoms with Crippen molar-refractivity contribution in [1.82, 2.24) is 15.1 Å². The Hall–Kier alpha value is -3.83. The number of nitrogen functional groups attached to an aromatic ring is 1. The molecule has 1 amide bonds. The first-order valence-corrected chi connectivity index (χ1v) is 11.9. The lowest BCUT2D eigenvalue weighted by molar-refractivity contribution is -0.135. The second-order valence-corrected chi connectivity index (χ2v) is 9.47. The summed E-state index contributed by atoms with van der Waals surface area (Å²) in [5, 5.41) is 17.5. The van der Waals surface area contributed by atoms with Gasteiger partial charge in [0.2, 0.25) is 0 Å². The molecule has 0 atom stereocenters. The Labute approximate surface area is 204 Å². The first kappa shape index (κ1) is 22.9. The number of nitrogens with zero attached hydrogens (tertiary/aromatic N) is 3. The Morgan fingerprint density at radius 2 is 1.94 bits per heavy atom. The van der Waals surface area contributed by atoms with Gasteiger partial charge in [-0.3, -0.25) is 4.79 Å². The van der Waals surface area contributed by atoms with Gasteiger partial charge in [-0.05, 0) is 43.4 Å². The summed E-state index contributed by atoms with van der Waals surface area (Å²) in [7, 11) is 1.54. The molecule has 3 aromatic rings. The summed E-state index contributed by atoms with van der Waals surface area (Å²) >= 11 is 0. The smallest absolute Gasteiger partial charge is 0.255 e. The minimum Gasteiger partial charge on any atom is -0.496 e. The van der Waals surface area contributed by atoms with Crippen molar-refractivity contribution >= 4 is 11.7 Å². The maximum Gasteiger partial charge on any atom is 0.255 e. The van der Waals surface area contributed by atoms with Crippen LogP contribution in [0, 0.1) is 16.7 Å².